The minimum atomic E-state index is -3.90. The van der Waals surface area contributed by atoms with Crippen molar-refractivity contribution in [1.29, 1.82) is 0 Å². The van der Waals surface area contributed by atoms with Crippen molar-refractivity contribution in [3.63, 3.8) is 0 Å². The molecule has 0 aromatic heterocycles. The Balaban J connectivity index is 2.50. The first-order chi connectivity index (χ1) is 10.9. The van der Waals surface area contributed by atoms with E-state index in [-0.39, 0.29) is 23.6 Å². The molecule has 0 bridgehead atoms. The van der Waals surface area contributed by atoms with E-state index in [1.54, 1.807) is 37.3 Å². The average Bonchev–Trinajstić information content (AvgIpc) is 2.52. The molecule has 23 heavy (non-hydrogen) atoms. The molecule has 0 heterocycles. The third-order valence-electron chi connectivity index (χ3n) is 3.36. The van der Waals surface area contributed by atoms with Crippen molar-refractivity contribution in [1.82, 2.24) is 0 Å². The van der Waals surface area contributed by atoms with E-state index < -0.39 is 16.0 Å². The van der Waals surface area contributed by atoms with Crippen LogP contribution < -0.4 is 4.31 Å². The molecule has 0 aliphatic carbocycles. The third-order valence-corrected chi connectivity index (χ3v) is 5.19. The highest BCUT2D eigenvalue weighted by molar-refractivity contribution is 7.92. The summed E-state index contributed by atoms with van der Waals surface area (Å²) in [7, 11) is -3.90. The van der Waals surface area contributed by atoms with Crippen molar-refractivity contribution in [2.75, 3.05) is 17.5 Å². The molecule has 0 aliphatic rings. The van der Waals surface area contributed by atoms with E-state index in [9.17, 15) is 18.3 Å². The highest BCUT2D eigenvalue weighted by Crippen LogP contribution is 2.24. The van der Waals surface area contributed by atoms with Crippen LogP contribution in [-0.2, 0) is 10.0 Å². The number of benzene rings is 2. The predicted octanol–water partition coefficient (Wildman–Crippen LogP) is 1.88. The average molecular weight is 335 g/mol. The number of nitrogens with zero attached hydrogens (tertiary/aromatic N) is 1. The highest BCUT2D eigenvalue weighted by atomic mass is 32.2. The van der Waals surface area contributed by atoms with E-state index in [1.165, 1.54) is 18.2 Å². The van der Waals surface area contributed by atoms with Gasteiger partial charge in [-0.15, -0.1) is 0 Å². The lowest BCUT2D eigenvalue weighted by Gasteiger charge is -2.24. The lowest BCUT2D eigenvalue weighted by Crippen LogP contribution is -2.33. The zero-order valence-electron chi connectivity index (χ0n) is 12.5. The number of carboxylic acids is 1. The molecule has 122 valence electrons. The van der Waals surface area contributed by atoms with Gasteiger partial charge in [0.05, 0.1) is 29.3 Å². The first-order valence-electron chi connectivity index (χ1n) is 6.90. The summed E-state index contributed by atoms with van der Waals surface area (Å²) in [5.74, 6) is -1.11. The highest BCUT2D eigenvalue weighted by Gasteiger charge is 2.25. The molecule has 0 amide bonds. The summed E-state index contributed by atoms with van der Waals surface area (Å²) in [4.78, 5) is 11.0. The summed E-state index contributed by atoms with van der Waals surface area (Å²) in [5, 5.41) is 18.2. The summed E-state index contributed by atoms with van der Waals surface area (Å²) < 4.78 is 26.7. The molecule has 0 atom stereocenters. The maximum atomic E-state index is 12.8. The van der Waals surface area contributed by atoms with Crippen LogP contribution in [0.3, 0.4) is 0 Å². The molecule has 2 aromatic carbocycles. The Bertz CT molecular complexity index is 802. The molecule has 0 fully saturated rings. The van der Waals surface area contributed by atoms with Crippen LogP contribution in [0.4, 0.5) is 5.69 Å². The first kappa shape index (κ1) is 17.0. The molecule has 0 saturated heterocycles. The van der Waals surface area contributed by atoms with Gasteiger partial charge in [-0.2, -0.15) is 0 Å². The molecular weight excluding hydrogens is 318 g/mol. The molecule has 0 saturated carbocycles. The molecule has 0 spiro atoms. The van der Waals surface area contributed by atoms with Crippen molar-refractivity contribution < 1.29 is 23.4 Å². The number of carboxylic acid groups (broad SMARTS) is 1. The number of hydrogen-bond donors (Lipinski definition) is 2. The molecule has 2 aromatic rings. The maximum Gasteiger partial charge on any atom is 0.335 e. The normalized spacial score (nSPS) is 11.2. The minimum Gasteiger partial charge on any atom is -0.478 e. The van der Waals surface area contributed by atoms with E-state index in [1.807, 2.05) is 0 Å². The van der Waals surface area contributed by atoms with Crippen LogP contribution in [0, 0.1) is 6.92 Å². The fraction of sp³-hybridized carbons (Fsp3) is 0.188. The monoisotopic (exact) mass is 335 g/mol. The second kappa shape index (κ2) is 6.80. The van der Waals surface area contributed by atoms with Crippen molar-refractivity contribution in [3.05, 3.63) is 59.7 Å². The Morgan fingerprint density at radius 1 is 1.13 bits per heavy atom. The molecule has 6 nitrogen and oxygen atoms in total. The van der Waals surface area contributed by atoms with Crippen LogP contribution in [0.25, 0.3) is 0 Å². The SMILES string of the molecule is Cc1cc(S(=O)(=O)N(CCO)c2ccccc2)ccc1C(=O)O. The van der Waals surface area contributed by atoms with E-state index in [2.05, 4.69) is 0 Å². The van der Waals surface area contributed by atoms with Crippen molar-refractivity contribution >= 4 is 21.7 Å². The molecule has 0 aliphatic heterocycles. The number of carbonyl (C=O) groups is 1. The van der Waals surface area contributed by atoms with Crippen molar-refractivity contribution in [3.8, 4) is 0 Å². The van der Waals surface area contributed by atoms with Crippen LogP contribution in [0.1, 0.15) is 15.9 Å². The largest absolute Gasteiger partial charge is 0.478 e. The van der Waals surface area contributed by atoms with E-state index in [4.69, 9.17) is 5.11 Å². The van der Waals surface area contributed by atoms with Crippen LogP contribution >= 0.6 is 0 Å². The minimum absolute atomic E-state index is 0.0164. The second-order valence-electron chi connectivity index (χ2n) is 4.92. The Kier molecular flexibility index (Phi) is 5.02. The fourth-order valence-electron chi connectivity index (χ4n) is 2.24. The topological polar surface area (TPSA) is 94.9 Å². The molecule has 2 N–H and O–H groups in total. The second-order valence-corrected chi connectivity index (χ2v) is 6.78. The Morgan fingerprint density at radius 3 is 2.30 bits per heavy atom. The summed E-state index contributed by atoms with van der Waals surface area (Å²) in [6, 6.07) is 12.3. The zero-order valence-corrected chi connectivity index (χ0v) is 13.3. The maximum absolute atomic E-state index is 12.8. The van der Waals surface area contributed by atoms with Gasteiger partial charge < -0.3 is 10.2 Å². The number of aryl methyl sites for hydroxylation is 1. The first-order valence-corrected chi connectivity index (χ1v) is 8.34. The summed E-state index contributed by atoms with van der Waals surface area (Å²) in [6.07, 6.45) is 0. The van der Waals surface area contributed by atoms with E-state index >= 15 is 0 Å². The van der Waals surface area contributed by atoms with E-state index in [0.717, 1.165) is 4.31 Å². The number of sulfonamides is 1. The summed E-state index contributed by atoms with van der Waals surface area (Å²) >= 11 is 0. The fourth-order valence-corrected chi connectivity index (χ4v) is 3.78. The number of aliphatic hydroxyl groups is 1. The lowest BCUT2D eigenvalue weighted by atomic mass is 10.1. The number of aliphatic hydroxyl groups excluding tert-OH is 1. The molecule has 2 rings (SSSR count). The lowest BCUT2D eigenvalue weighted by molar-refractivity contribution is 0.0696. The zero-order chi connectivity index (χ0) is 17.0. The van der Waals surface area contributed by atoms with Gasteiger partial charge in [0.15, 0.2) is 0 Å². The van der Waals surface area contributed by atoms with Gasteiger partial charge in [0.2, 0.25) is 0 Å². The van der Waals surface area contributed by atoms with Crippen LogP contribution in [0.5, 0.6) is 0 Å². The third kappa shape index (κ3) is 3.52. The molecule has 7 heteroatoms. The van der Waals surface area contributed by atoms with Gasteiger partial charge in [-0.25, -0.2) is 13.2 Å². The van der Waals surface area contributed by atoms with Gasteiger partial charge >= 0.3 is 5.97 Å². The number of para-hydroxylation sites is 1. The van der Waals surface area contributed by atoms with Gasteiger partial charge in [0.1, 0.15) is 0 Å². The Morgan fingerprint density at radius 2 is 1.78 bits per heavy atom. The number of rotatable bonds is 6. The van der Waals surface area contributed by atoms with Crippen LogP contribution in [0.2, 0.25) is 0 Å². The number of aromatic carboxylic acids is 1. The number of anilines is 1. The van der Waals surface area contributed by atoms with Gasteiger partial charge in [-0.05, 0) is 42.8 Å². The standard InChI is InChI=1S/C16H17NO5S/c1-12-11-14(7-8-15(12)16(19)20)23(21,22)17(9-10-18)13-5-3-2-4-6-13/h2-8,11,18H,9-10H2,1H3,(H,19,20). The molecule has 0 unspecified atom stereocenters. The van der Waals surface area contributed by atoms with Gasteiger partial charge in [0.25, 0.3) is 10.0 Å². The smallest absolute Gasteiger partial charge is 0.335 e. The number of hydrogen-bond acceptors (Lipinski definition) is 4. The molecular formula is C16H17NO5S. The quantitative estimate of drug-likeness (QED) is 0.840. The van der Waals surface area contributed by atoms with E-state index in [0.29, 0.717) is 11.3 Å². The van der Waals surface area contributed by atoms with Crippen molar-refractivity contribution in [2.24, 2.45) is 0 Å². The van der Waals surface area contributed by atoms with Crippen LogP contribution in [0.15, 0.2) is 53.4 Å². The van der Waals surface area contributed by atoms with Gasteiger partial charge in [0, 0.05) is 0 Å². The summed E-state index contributed by atoms with van der Waals surface area (Å²) in [5.41, 5.74) is 0.842. The summed E-state index contributed by atoms with van der Waals surface area (Å²) in [6.45, 7) is 1.12. The Hall–Kier alpha value is -2.38. The van der Waals surface area contributed by atoms with Gasteiger partial charge in [-0.1, -0.05) is 18.2 Å². The van der Waals surface area contributed by atoms with Gasteiger partial charge in [-0.3, -0.25) is 4.31 Å². The predicted molar refractivity (Wildman–Crippen MR) is 86.2 cm³/mol. The Labute approximate surface area is 134 Å². The van der Waals surface area contributed by atoms with Crippen LogP contribution in [-0.4, -0.2) is 37.8 Å². The van der Waals surface area contributed by atoms with Crippen molar-refractivity contribution in [2.45, 2.75) is 11.8 Å². The molecule has 0 radical (unpaired) electrons.